The molecule has 0 spiro atoms. The van der Waals surface area contributed by atoms with E-state index in [1.807, 2.05) is 91.1 Å². The molecule has 0 unspecified atom stereocenters. The highest BCUT2D eigenvalue weighted by Crippen LogP contribution is 2.36. The molecule has 0 radical (unpaired) electrons. The fourth-order valence-corrected chi connectivity index (χ4v) is 5.67. The van der Waals surface area contributed by atoms with Crippen molar-refractivity contribution < 1.29 is 9.85 Å². The van der Waals surface area contributed by atoms with E-state index in [0.717, 1.165) is 49.2 Å². The predicted octanol–water partition coefficient (Wildman–Crippen LogP) is 9.53. The first-order chi connectivity index (χ1) is 21.5. The van der Waals surface area contributed by atoms with Crippen LogP contribution in [0.5, 0.6) is 0 Å². The first-order valence-electron chi connectivity index (χ1n) is 13.6. The summed E-state index contributed by atoms with van der Waals surface area (Å²) < 4.78 is 2.11. The number of aromatic nitrogens is 1. The van der Waals surface area contributed by atoms with E-state index in [2.05, 4.69) is 10.6 Å². The Bertz CT molecular complexity index is 1960. The van der Waals surface area contributed by atoms with Gasteiger partial charge in [-0.2, -0.15) is 0 Å². The van der Waals surface area contributed by atoms with Crippen LogP contribution in [0.3, 0.4) is 0 Å². The molecule has 0 aliphatic carbocycles. The normalized spacial score (nSPS) is 11.1. The largest absolute Gasteiger partial charge is 0.309 e. The van der Waals surface area contributed by atoms with Crippen LogP contribution in [0, 0.1) is 20.2 Å². The van der Waals surface area contributed by atoms with Crippen LogP contribution in [-0.2, 0) is 0 Å². The summed E-state index contributed by atoms with van der Waals surface area (Å²) in [5, 5.41) is 22.3. The van der Waals surface area contributed by atoms with Gasteiger partial charge in [-0.1, -0.05) is 72.4 Å². The zero-order valence-corrected chi connectivity index (χ0v) is 24.0. The summed E-state index contributed by atoms with van der Waals surface area (Å²) >= 11 is 1.51. The third-order valence-corrected chi connectivity index (χ3v) is 7.95. The van der Waals surface area contributed by atoms with Gasteiger partial charge in [0.1, 0.15) is 0 Å². The molecule has 0 aliphatic heterocycles. The molecule has 44 heavy (non-hydrogen) atoms. The van der Waals surface area contributed by atoms with E-state index in [-0.39, 0.29) is 11.4 Å². The lowest BCUT2D eigenvalue weighted by Gasteiger charge is -2.15. The van der Waals surface area contributed by atoms with Gasteiger partial charge in [0.05, 0.1) is 26.9 Å². The van der Waals surface area contributed by atoms with E-state index in [4.69, 9.17) is 4.99 Å². The Morgan fingerprint density at radius 1 is 0.614 bits per heavy atom. The number of aliphatic imine (C=N–C) groups is 1. The lowest BCUT2D eigenvalue weighted by Crippen LogP contribution is -2.01. The van der Waals surface area contributed by atoms with E-state index < -0.39 is 9.85 Å². The number of nitrogens with zero attached hydrogens (tertiary/aromatic N) is 4. The minimum absolute atomic E-state index is 0.0282. The van der Waals surface area contributed by atoms with Crippen LogP contribution in [0.1, 0.15) is 5.56 Å². The van der Waals surface area contributed by atoms with E-state index in [9.17, 15) is 20.2 Å². The second kappa shape index (κ2) is 12.6. The van der Waals surface area contributed by atoms with Crippen LogP contribution in [0.25, 0.3) is 28.2 Å². The lowest BCUT2D eigenvalue weighted by atomic mass is 10.1. The molecule has 214 valence electrons. The molecule has 0 bridgehead atoms. The van der Waals surface area contributed by atoms with E-state index in [0.29, 0.717) is 0 Å². The van der Waals surface area contributed by atoms with Crippen LogP contribution in [0.15, 0.2) is 154 Å². The van der Waals surface area contributed by atoms with Gasteiger partial charge < -0.3 is 4.57 Å². The van der Waals surface area contributed by atoms with Crippen LogP contribution >= 0.6 is 11.8 Å². The summed E-state index contributed by atoms with van der Waals surface area (Å²) in [4.78, 5) is 28.2. The van der Waals surface area contributed by atoms with Crippen molar-refractivity contribution in [3.63, 3.8) is 0 Å². The molecule has 6 rings (SSSR count). The Morgan fingerprint density at radius 3 is 1.66 bits per heavy atom. The summed E-state index contributed by atoms with van der Waals surface area (Å²) in [7, 11) is 0. The molecule has 0 fully saturated rings. The van der Waals surface area contributed by atoms with Gasteiger partial charge >= 0.3 is 0 Å². The fraction of sp³-hybridized carbons (Fsp3) is 0. The number of nitro groups is 2. The molecule has 1 heterocycles. The maximum Gasteiger partial charge on any atom is 0.269 e. The van der Waals surface area contributed by atoms with Crippen LogP contribution in [0.4, 0.5) is 17.1 Å². The Morgan fingerprint density at radius 2 is 1.11 bits per heavy atom. The number of non-ortho nitro benzene ring substituents is 2. The highest BCUT2D eigenvalue weighted by atomic mass is 32.2. The van der Waals surface area contributed by atoms with Crippen molar-refractivity contribution in [1.29, 1.82) is 0 Å². The minimum atomic E-state index is -0.409. The SMILES string of the molecule is O=[N+]([O-])c1ccc(Sc2ccc(N=Cc3cc(-c4ccccc4)n(-c4ccc([N+](=O)[O-])cc4)c3-c3ccccc3)cc2)cc1. The van der Waals surface area contributed by atoms with Crippen molar-refractivity contribution in [1.82, 2.24) is 4.57 Å². The third-order valence-electron chi connectivity index (χ3n) is 6.94. The average Bonchev–Trinajstić information content (AvgIpc) is 3.45. The van der Waals surface area contributed by atoms with Crippen molar-refractivity contribution in [2.45, 2.75) is 9.79 Å². The Hall–Kier alpha value is -5.80. The van der Waals surface area contributed by atoms with Crippen LogP contribution in [0.2, 0.25) is 0 Å². The Labute approximate surface area is 257 Å². The maximum atomic E-state index is 11.4. The van der Waals surface area contributed by atoms with Gasteiger partial charge in [-0.3, -0.25) is 25.2 Å². The van der Waals surface area contributed by atoms with Crippen LogP contribution in [-0.4, -0.2) is 20.6 Å². The van der Waals surface area contributed by atoms with Crippen molar-refractivity contribution in [2.24, 2.45) is 4.99 Å². The molecule has 0 aliphatic rings. The van der Waals surface area contributed by atoms with Crippen molar-refractivity contribution in [3.8, 4) is 28.2 Å². The van der Waals surface area contributed by atoms with E-state index in [1.165, 1.54) is 36.0 Å². The molecular formula is C35H24N4O4S. The van der Waals surface area contributed by atoms with E-state index in [1.54, 1.807) is 24.3 Å². The van der Waals surface area contributed by atoms with E-state index >= 15 is 0 Å². The number of rotatable bonds is 9. The smallest absolute Gasteiger partial charge is 0.269 e. The lowest BCUT2D eigenvalue weighted by molar-refractivity contribution is -0.385. The van der Waals surface area contributed by atoms with Crippen molar-refractivity contribution >= 4 is 35.0 Å². The first-order valence-corrected chi connectivity index (χ1v) is 14.5. The monoisotopic (exact) mass is 596 g/mol. The van der Waals surface area contributed by atoms with Gasteiger partial charge in [-0.25, -0.2) is 0 Å². The first kappa shape index (κ1) is 28.3. The quantitative estimate of drug-likeness (QED) is 0.0939. The molecule has 0 N–H and O–H groups in total. The summed E-state index contributed by atoms with van der Waals surface area (Å²) in [6.45, 7) is 0. The summed E-state index contributed by atoms with van der Waals surface area (Å²) in [5.41, 5.74) is 6.34. The number of hydrogen-bond acceptors (Lipinski definition) is 6. The van der Waals surface area contributed by atoms with Gasteiger partial charge in [0.25, 0.3) is 11.4 Å². The molecule has 6 aromatic rings. The maximum absolute atomic E-state index is 11.4. The average molecular weight is 597 g/mol. The highest BCUT2D eigenvalue weighted by Gasteiger charge is 2.19. The molecule has 8 nitrogen and oxygen atoms in total. The Balaban J connectivity index is 1.38. The van der Waals surface area contributed by atoms with Gasteiger partial charge in [-0.05, 0) is 65.7 Å². The molecular weight excluding hydrogens is 572 g/mol. The highest BCUT2D eigenvalue weighted by molar-refractivity contribution is 7.99. The van der Waals surface area contributed by atoms with Gasteiger partial charge in [-0.15, -0.1) is 0 Å². The minimum Gasteiger partial charge on any atom is -0.309 e. The fourth-order valence-electron chi connectivity index (χ4n) is 4.85. The molecule has 5 aromatic carbocycles. The molecule has 9 heteroatoms. The number of nitro benzene ring substituents is 2. The zero-order valence-electron chi connectivity index (χ0n) is 23.2. The molecule has 0 saturated carbocycles. The molecule has 0 saturated heterocycles. The van der Waals surface area contributed by atoms with Gasteiger partial charge in [0.15, 0.2) is 0 Å². The zero-order chi connectivity index (χ0) is 30.5. The summed E-state index contributed by atoms with van der Waals surface area (Å²) in [6.07, 6.45) is 1.84. The molecule has 0 atom stereocenters. The van der Waals surface area contributed by atoms with Crippen molar-refractivity contribution in [3.05, 3.63) is 165 Å². The van der Waals surface area contributed by atoms with Crippen LogP contribution < -0.4 is 0 Å². The van der Waals surface area contributed by atoms with Crippen molar-refractivity contribution in [2.75, 3.05) is 0 Å². The standard InChI is InChI=1S/C35H24N4O4S/c40-38(41)30-15-13-29(14-16-30)37-34(25-7-3-1-4-8-25)23-27(35(37)26-9-5-2-6-10-26)24-36-28-11-19-32(20-12-28)44-33-21-17-31(18-22-33)39(42)43/h1-24H. The molecule has 0 amide bonds. The number of benzene rings is 5. The predicted molar refractivity (Wildman–Crippen MR) is 174 cm³/mol. The number of hydrogen-bond donors (Lipinski definition) is 0. The van der Waals surface area contributed by atoms with Gasteiger partial charge in [0.2, 0.25) is 0 Å². The van der Waals surface area contributed by atoms with Gasteiger partial charge in [0, 0.05) is 51.5 Å². The Kier molecular flexibility index (Phi) is 8.11. The third kappa shape index (κ3) is 6.18. The topological polar surface area (TPSA) is 104 Å². The summed E-state index contributed by atoms with van der Waals surface area (Å²) in [6, 6.07) is 42.9. The molecule has 1 aromatic heterocycles. The second-order valence-corrected chi connectivity index (χ2v) is 10.9. The summed E-state index contributed by atoms with van der Waals surface area (Å²) in [5.74, 6) is 0. The second-order valence-electron chi connectivity index (χ2n) is 9.78.